The highest BCUT2D eigenvalue weighted by atomic mass is 32.1. The van der Waals surface area contributed by atoms with Crippen LogP contribution in [-0.4, -0.2) is 4.92 Å². The summed E-state index contributed by atoms with van der Waals surface area (Å²) in [6.45, 7) is 1.07. The van der Waals surface area contributed by atoms with Crippen molar-refractivity contribution in [1.82, 2.24) is 5.32 Å². The van der Waals surface area contributed by atoms with Gasteiger partial charge in [-0.3, -0.25) is 10.1 Å². The Kier molecular flexibility index (Phi) is 4.01. The van der Waals surface area contributed by atoms with Gasteiger partial charge in [0.2, 0.25) is 0 Å². The maximum atomic E-state index is 12.9. The zero-order chi connectivity index (χ0) is 13.0. The first-order valence-electron chi connectivity index (χ1n) is 5.33. The lowest BCUT2D eigenvalue weighted by Gasteiger charge is -2.03. The Hall–Kier alpha value is -1.79. The van der Waals surface area contributed by atoms with E-state index in [1.165, 1.54) is 18.2 Å². The molecule has 0 spiro atoms. The van der Waals surface area contributed by atoms with Crippen molar-refractivity contribution >= 4 is 16.3 Å². The molecule has 0 atom stereocenters. The third-order valence-corrected chi connectivity index (χ3v) is 3.38. The Morgan fingerprint density at radius 1 is 1.28 bits per heavy atom. The molecule has 0 radical (unpaired) electrons. The van der Waals surface area contributed by atoms with Crippen molar-refractivity contribution in [1.29, 1.82) is 0 Å². The van der Waals surface area contributed by atoms with Crippen LogP contribution in [0.1, 0.15) is 10.4 Å². The molecule has 0 aliphatic heterocycles. The molecule has 1 aromatic heterocycles. The molecule has 0 fully saturated rings. The summed E-state index contributed by atoms with van der Waals surface area (Å²) in [7, 11) is 0. The van der Waals surface area contributed by atoms with E-state index in [1.807, 2.05) is 6.07 Å². The molecule has 1 aromatic carbocycles. The summed E-state index contributed by atoms with van der Waals surface area (Å²) in [5.41, 5.74) is 0.848. The average Bonchev–Trinajstić information content (AvgIpc) is 2.78. The first-order valence-corrected chi connectivity index (χ1v) is 6.15. The minimum absolute atomic E-state index is 0.137. The van der Waals surface area contributed by atoms with Crippen molar-refractivity contribution in [2.45, 2.75) is 13.1 Å². The van der Waals surface area contributed by atoms with Crippen molar-refractivity contribution in [2.75, 3.05) is 0 Å². The molecule has 0 aliphatic rings. The van der Waals surface area contributed by atoms with Crippen molar-refractivity contribution in [3.63, 3.8) is 0 Å². The van der Waals surface area contributed by atoms with Gasteiger partial charge in [0.15, 0.2) is 0 Å². The molecular formula is C12H11FN2O2S. The van der Waals surface area contributed by atoms with Gasteiger partial charge in [0.1, 0.15) is 5.82 Å². The van der Waals surface area contributed by atoms with Crippen LogP contribution >= 0.6 is 11.3 Å². The molecule has 0 amide bonds. The summed E-state index contributed by atoms with van der Waals surface area (Å²) in [4.78, 5) is 11.0. The average molecular weight is 266 g/mol. The number of hydrogen-bond acceptors (Lipinski definition) is 4. The van der Waals surface area contributed by atoms with Crippen LogP contribution in [0.15, 0.2) is 36.4 Å². The largest absolute Gasteiger partial charge is 0.324 e. The Balaban J connectivity index is 1.86. The Bertz CT molecular complexity index is 557. The maximum Gasteiger partial charge on any atom is 0.324 e. The predicted octanol–water partition coefficient (Wildman–Crippen LogP) is 3.09. The van der Waals surface area contributed by atoms with Crippen LogP contribution < -0.4 is 5.32 Å². The van der Waals surface area contributed by atoms with Gasteiger partial charge in [0.05, 0.1) is 4.92 Å². The Morgan fingerprint density at radius 3 is 2.78 bits per heavy atom. The van der Waals surface area contributed by atoms with Crippen LogP contribution in [0.4, 0.5) is 9.39 Å². The van der Waals surface area contributed by atoms with E-state index < -0.39 is 4.92 Å². The van der Waals surface area contributed by atoms with E-state index >= 15 is 0 Å². The number of halogens is 1. The molecule has 6 heteroatoms. The minimum atomic E-state index is -0.402. The van der Waals surface area contributed by atoms with Gasteiger partial charge < -0.3 is 5.32 Å². The summed E-state index contributed by atoms with van der Waals surface area (Å²) in [5, 5.41) is 13.8. The fourth-order valence-corrected chi connectivity index (χ4v) is 2.33. The summed E-state index contributed by atoms with van der Waals surface area (Å²) in [6, 6.07) is 9.55. The lowest BCUT2D eigenvalue weighted by atomic mass is 10.2. The quantitative estimate of drug-likeness (QED) is 0.668. The predicted molar refractivity (Wildman–Crippen MR) is 67.9 cm³/mol. The molecule has 0 bridgehead atoms. The van der Waals surface area contributed by atoms with Crippen molar-refractivity contribution < 1.29 is 9.31 Å². The van der Waals surface area contributed by atoms with E-state index in [2.05, 4.69) is 5.32 Å². The number of hydrogen-bond donors (Lipinski definition) is 1. The van der Waals surface area contributed by atoms with Crippen molar-refractivity contribution in [3.8, 4) is 0 Å². The topological polar surface area (TPSA) is 55.2 Å². The van der Waals surface area contributed by atoms with Crippen LogP contribution in [0.5, 0.6) is 0 Å². The highest BCUT2D eigenvalue weighted by molar-refractivity contribution is 7.15. The van der Waals surface area contributed by atoms with E-state index in [9.17, 15) is 14.5 Å². The van der Waals surface area contributed by atoms with E-state index in [0.717, 1.165) is 21.8 Å². The fourth-order valence-electron chi connectivity index (χ4n) is 1.54. The molecule has 2 aromatic rings. The van der Waals surface area contributed by atoms with E-state index in [4.69, 9.17) is 0 Å². The SMILES string of the molecule is O=[N+]([O-])c1ccc(CNCc2cccc(F)c2)s1. The highest BCUT2D eigenvalue weighted by Crippen LogP contribution is 2.23. The van der Waals surface area contributed by atoms with Crippen molar-refractivity contribution in [3.05, 3.63) is 62.8 Å². The monoisotopic (exact) mass is 266 g/mol. The first-order chi connectivity index (χ1) is 8.65. The lowest BCUT2D eigenvalue weighted by Crippen LogP contribution is -2.11. The third kappa shape index (κ3) is 3.35. The second kappa shape index (κ2) is 5.70. The van der Waals surface area contributed by atoms with Gasteiger partial charge in [-0.2, -0.15) is 0 Å². The lowest BCUT2D eigenvalue weighted by molar-refractivity contribution is -0.380. The summed E-state index contributed by atoms with van der Waals surface area (Å²) in [6.07, 6.45) is 0. The first kappa shape index (κ1) is 12.7. The minimum Gasteiger partial charge on any atom is -0.308 e. The molecule has 0 aliphatic carbocycles. The number of nitrogens with one attached hydrogen (secondary N) is 1. The summed E-state index contributed by atoms with van der Waals surface area (Å²) in [5.74, 6) is -0.263. The molecule has 94 valence electrons. The van der Waals surface area contributed by atoms with E-state index in [1.54, 1.807) is 12.1 Å². The van der Waals surface area contributed by atoms with Gasteiger partial charge in [0.25, 0.3) is 0 Å². The number of benzene rings is 1. The second-order valence-electron chi connectivity index (χ2n) is 3.73. The third-order valence-electron chi connectivity index (χ3n) is 2.34. The van der Waals surface area contributed by atoms with Gasteiger partial charge in [-0.05, 0) is 23.8 Å². The highest BCUT2D eigenvalue weighted by Gasteiger charge is 2.08. The van der Waals surface area contributed by atoms with Gasteiger partial charge >= 0.3 is 5.00 Å². The zero-order valence-electron chi connectivity index (χ0n) is 9.43. The van der Waals surface area contributed by atoms with Crippen LogP contribution in [0, 0.1) is 15.9 Å². The Labute approximate surface area is 107 Å². The van der Waals surface area contributed by atoms with Crippen LogP contribution in [0.2, 0.25) is 0 Å². The summed E-state index contributed by atoms with van der Waals surface area (Å²) < 4.78 is 12.9. The van der Waals surface area contributed by atoms with E-state index in [0.29, 0.717) is 13.1 Å². The molecule has 1 heterocycles. The van der Waals surface area contributed by atoms with Crippen LogP contribution in [-0.2, 0) is 13.1 Å². The molecule has 0 saturated heterocycles. The van der Waals surface area contributed by atoms with Crippen LogP contribution in [0.3, 0.4) is 0 Å². The second-order valence-corrected chi connectivity index (χ2v) is 4.88. The molecule has 0 unspecified atom stereocenters. The fraction of sp³-hybridized carbons (Fsp3) is 0.167. The van der Waals surface area contributed by atoms with Gasteiger partial charge in [0, 0.05) is 24.0 Å². The molecule has 0 saturated carbocycles. The van der Waals surface area contributed by atoms with Gasteiger partial charge in [-0.15, -0.1) is 0 Å². The molecule has 2 rings (SSSR count). The normalized spacial score (nSPS) is 10.5. The molecular weight excluding hydrogens is 255 g/mol. The number of rotatable bonds is 5. The van der Waals surface area contributed by atoms with E-state index in [-0.39, 0.29) is 10.8 Å². The number of thiophene rings is 1. The Morgan fingerprint density at radius 2 is 2.11 bits per heavy atom. The van der Waals surface area contributed by atoms with Gasteiger partial charge in [-0.1, -0.05) is 23.5 Å². The molecule has 4 nitrogen and oxygen atoms in total. The van der Waals surface area contributed by atoms with Crippen LogP contribution in [0.25, 0.3) is 0 Å². The number of nitro groups is 1. The number of nitrogens with zero attached hydrogens (tertiary/aromatic N) is 1. The standard InChI is InChI=1S/C12H11FN2O2S/c13-10-3-1-2-9(6-10)7-14-8-11-4-5-12(18-11)15(16)17/h1-6,14H,7-8H2. The molecule has 18 heavy (non-hydrogen) atoms. The van der Waals surface area contributed by atoms with Gasteiger partial charge in [-0.25, -0.2) is 4.39 Å². The van der Waals surface area contributed by atoms with Crippen molar-refractivity contribution in [2.24, 2.45) is 0 Å². The zero-order valence-corrected chi connectivity index (χ0v) is 10.2. The smallest absolute Gasteiger partial charge is 0.308 e. The maximum absolute atomic E-state index is 12.9. The summed E-state index contributed by atoms with van der Waals surface area (Å²) >= 11 is 1.14. The molecule has 1 N–H and O–H groups in total.